The van der Waals surface area contributed by atoms with Gasteiger partial charge in [-0.3, -0.25) is 4.55 Å². The van der Waals surface area contributed by atoms with Crippen molar-refractivity contribution in [2.45, 2.75) is 36.6 Å². The van der Waals surface area contributed by atoms with Gasteiger partial charge >= 0.3 is 16.4 Å². The van der Waals surface area contributed by atoms with Crippen LogP contribution in [0.4, 0.5) is 4.79 Å². The predicted molar refractivity (Wildman–Crippen MR) is 89.8 cm³/mol. The Hall–Kier alpha value is -1.48. The number of amidine groups is 1. The van der Waals surface area contributed by atoms with E-state index in [9.17, 15) is 21.6 Å². The summed E-state index contributed by atoms with van der Waals surface area (Å²) in [6.45, 7) is 1.11. The molecule has 3 rings (SSSR count). The zero-order chi connectivity index (χ0) is 19.3. The summed E-state index contributed by atoms with van der Waals surface area (Å²) < 4.78 is 63.4. The Kier molecular flexibility index (Phi) is 4.89. The number of carbonyl (C=O) groups is 1. The van der Waals surface area contributed by atoms with Gasteiger partial charge in [0.15, 0.2) is 0 Å². The van der Waals surface area contributed by atoms with Crippen molar-refractivity contribution in [3.8, 4) is 0 Å². The van der Waals surface area contributed by atoms with E-state index < -0.39 is 43.8 Å². The first-order valence-corrected chi connectivity index (χ1v) is 10.9. The molecule has 3 saturated heterocycles. The zero-order valence-corrected chi connectivity index (χ0v) is 15.7. The molecule has 0 aromatic heterocycles. The molecule has 2 amide bonds. The molecule has 3 N–H and O–H groups in total. The molecule has 0 aromatic carbocycles. The first kappa shape index (κ1) is 19.3. The minimum Gasteiger partial charge on any atom is -0.385 e. The number of nitrogens with zero attached hydrogens (tertiary/aromatic N) is 4. The van der Waals surface area contributed by atoms with Gasteiger partial charge in [0.25, 0.3) is 10.0 Å². The fourth-order valence-electron chi connectivity index (χ4n) is 3.56. The highest BCUT2D eigenvalue weighted by Crippen LogP contribution is 2.31. The average molecular weight is 411 g/mol. The van der Waals surface area contributed by atoms with Crippen molar-refractivity contribution < 1.29 is 30.5 Å². The van der Waals surface area contributed by atoms with E-state index in [4.69, 9.17) is 10.3 Å². The number of hydrogen-bond acceptors (Lipinski definition) is 7. The molecule has 3 aliphatic heterocycles. The summed E-state index contributed by atoms with van der Waals surface area (Å²) in [7, 11) is -6.85. The van der Waals surface area contributed by atoms with Gasteiger partial charge in [-0.15, -0.1) is 8.68 Å². The Morgan fingerprint density at radius 2 is 1.92 bits per heavy atom. The Balaban J connectivity index is 1.77. The Morgan fingerprint density at radius 1 is 1.23 bits per heavy atom. The van der Waals surface area contributed by atoms with Crippen LogP contribution in [0.2, 0.25) is 0 Å². The van der Waals surface area contributed by atoms with Crippen LogP contribution in [0.5, 0.6) is 0 Å². The van der Waals surface area contributed by atoms with Crippen LogP contribution >= 0.6 is 0 Å². The number of fused-ring (bicyclic) bond motifs is 2. The molecule has 0 aromatic rings. The summed E-state index contributed by atoms with van der Waals surface area (Å²) >= 11 is 0. The number of amides is 2. The van der Waals surface area contributed by atoms with Crippen LogP contribution in [0.25, 0.3) is 0 Å². The van der Waals surface area contributed by atoms with Gasteiger partial charge in [0.05, 0.1) is 17.3 Å². The maximum atomic E-state index is 12.4. The molecule has 3 aliphatic rings. The molecule has 0 saturated carbocycles. The van der Waals surface area contributed by atoms with Crippen molar-refractivity contribution in [1.29, 1.82) is 0 Å². The molecular weight excluding hydrogens is 390 g/mol. The number of sulfonamides is 1. The van der Waals surface area contributed by atoms with Gasteiger partial charge in [-0.2, -0.15) is 13.5 Å². The number of hydroxylamine groups is 2. The third kappa shape index (κ3) is 3.78. The van der Waals surface area contributed by atoms with Gasteiger partial charge in [-0.05, 0) is 32.9 Å². The van der Waals surface area contributed by atoms with Crippen molar-refractivity contribution in [1.82, 2.24) is 14.9 Å². The Morgan fingerprint density at radius 3 is 2.50 bits per heavy atom. The van der Waals surface area contributed by atoms with Gasteiger partial charge in [0.2, 0.25) is 0 Å². The highest BCUT2D eigenvalue weighted by atomic mass is 32.3. The Bertz CT molecular complexity index is 827. The second-order valence-electron chi connectivity index (χ2n) is 6.71. The molecule has 3 heterocycles. The molecule has 3 fully saturated rings. The third-order valence-electron chi connectivity index (χ3n) is 4.84. The van der Waals surface area contributed by atoms with Gasteiger partial charge in [-0.25, -0.2) is 13.2 Å². The fraction of sp³-hybridized carbons (Fsp3) is 0.833. The number of rotatable bonds is 5. The van der Waals surface area contributed by atoms with Crippen molar-refractivity contribution >= 4 is 32.3 Å². The van der Waals surface area contributed by atoms with E-state index in [1.165, 1.54) is 4.90 Å². The van der Waals surface area contributed by atoms with Crippen LogP contribution < -0.4 is 5.73 Å². The van der Waals surface area contributed by atoms with Crippen LogP contribution in [0.3, 0.4) is 0 Å². The van der Waals surface area contributed by atoms with Crippen LogP contribution in [0.1, 0.15) is 19.3 Å². The van der Waals surface area contributed by atoms with Crippen molar-refractivity contribution in [3.63, 3.8) is 0 Å². The molecule has 0 spiro atoms. The number of hydrogen-bond donors (Lipinski definition) is 2. The summed E-state index contributed by atoms with van der Waals surface area (Å²) in [5.74, 6) is -0.208. The van der Waals surface area contributed by atoms with E-state index in [0.29, 0.717) is 37.4 Å². The fourth-order valence-corrected chi connectivity index (χ4v) is 5.36. The normalized spacial score (nSPS) is 31.1. The smallest absolute Gasteiger partial charge is 0.385 e. The maximum Gasteiger partial charge on any atom is 0.418 e. The summed E-state index contributed by atoms with van der Waals surface area (Å²) in [6, 6.07) is -2.16. The first-order chi connectivity index (χ1) is 12.0. The van der Waals surface area contributed by atoms with E-state index in [0.717, 1.165) is 0 Å². The van der Waals surface area contributed by atoms with Crippen LogP contribution in [-0.2, 0) is 24.7 Å². The molecule has 148 valence electrons. The number of carbonyl (C=O) groups excluding carboxylic acids is 1. The summed E-state index contributed by atoms with van der Waals surface area (Å²) in [5.41, 5.74) is 5.89. The lowest BCUT2D eigenvalue weighted by atomic mass is 10.0. The molecule has 2 bridgehead atoms. The minimum absolute atomic E-state index is 0.0987. The summed E-state index contributed by atoms with van der Waals surface area (Å²) in [5, 5.41) is -0.0701. The summed E-state index contributed by atoms with van der Waals surface area (Å²) in [6.07, 6.45) is 1.09. The van der Waals surface area contributed by atoms with Crippen LogP contribution in [0.15, 0.2) is 4.40 Å². The number of likely N-dealkylation sites (tertiary alicyclic amines) is 1. The SMILES string of the molecule is CN1CCC(S(=O)(=O)/N=C(\N)[C@@H]2CC[C@@H]3CN2C(=O)N3OS(=O)(=O)O)C1. The molecule has 1 unspecified atom stereocenters. The second-order valence-corrected chi connectivity index (χ2v) is 9.60. The van der Waals surface area contributed by atoms with E-state index in [-0.39, 0.29) is 12.4 Å². The Labute approximate surface area is 151 Å². The van der Waals surface area contributed by atoms with E-state index in [1.54, 1.807) is 0 Å². The van der Waals surface area contributed by atoms with Crippen molar-refractivity contribution in [3.05, 3.63) is 0 Å². The lowest BCUT2D eigenvalue weighted by molar-refractivity contribution is -0.0316. The monoisotopic (exact) mass is 411 g/mol. The highest BCUT2D eigenvalue weighted by molar-refractivity contribution is 7.90. The van der Waals surface area contributed by atoms with E-state index >= 15 is 0 Å². The van der Waals surface area contributed by atoms with Gasteiger partial charge in [0, 0.05) is 13.1 Å². The van der Waals surface area contributed by atoms with E-state index in [2.05, 4.69) is 8.68 Å². The van der Waals surface area contributed by atoms with E-state index in [1.807, 2.05) is 11.9 Å². The number of urea groups is 1. The standard InChI is InChI=1S/C12H21N5O7S2/c1-15-5-4-9(7-15)25(19,20)14-11(13)10-3-2-8-6-16(10)12(18)17(8)24-26(21,22)23/h8-10H,2-7H2,1H3,(H2,13,14)(H,21,22,23)/t8-,9?,10+/m1/s1. The highest BCUT2D eigenvalue weighted by Gasteiger charge is 2.48. The van der Waals surface area contributed by atoms with Crippen LogP contribution in [-0.4, -0.2) is 92.1 Å². The average Bonchev–Trinajstić information content (AvgIpc) is 3.05. The second kappa shape index (κ2) is 6.60. The lowest BCUT2D eigenvalue weighted by Crippen LogP contribution is -2.48. The molecule has 26 heavy (non-hydrogen) atoms. The zero-order valence-electron chi connectivity index (χ0n) is 14.1. The van der Waals surface area contributed by atoms with Crippen molar-refractivity contribution in [2.24, 2.45) is 10.1 Å². The summed E-state index contributed by atoms with van der Waals surface area (Å²) in [4.78, 5) is 15.4. The molecule has 0 radical (unpaired) electrons. The predicted octanol–water partition coefficient (Wildman–Crippen LogP) is -1.62. The van der Waals surface area contributed by atoms with Gasteiger partial charge in [0.1, 0.15) is 5.84 Å². The largest absolute Gasteiger partial charge is 0.418 e. The molecule has 0 aliphatic carbocycles. The third-order valence-corrected chi connectivity index (χ3v) is 6.88. The molecule has 14 heteroatoms. The minimum atomic E-state index is -4.85. The topological polar surface area (TPSA) is 163 Å². The van der Waals surface area contributed by atoms with Gasteiger partial charge in [-0.1, -0.05) is 0 Å². The van der Waals surface area contributed by atoms with Gasteiger partial charge < -0.3 is 15.5 Å². The molecule has 12 nitrogen and oxygen atoms in total. The maximum absolute atomic E-state index is 12.4. The lowest BCUT2D eigenvalue weighted by Gasteiger charge is -2.29. The molecule has 3 atom stereocenters. The van der Waals surface area contributed by atoms with Crippen LogP contribution in [0, 0.1) is 0 Å². The van der Waals surface area contributed by atoms with Crippen molar-refractivity contribution in [2.75, 3.05) is 26.7 Å². The molecular formula is C12H21N5O7S2. The first-order valence-electron chi connectivity index (χ1n) is 8.02. The quantitative estimate of drug-likeness (QED) is 0.307. The number of piperidine rings is 1. The number of nitrogens with two attached hydrogens (primary N) is 1.